The van der Waals surface area contributed by atoms with Crippen LogP contribution in [0.25, 0.3) is 0 Å². The third-order valence-electron chi connectivity index (χ3n) is 6.08. The Morgan fingerprint density at radius 3 is 2.92 bits per heavy atom. The van der Waals surface area contributed by atoms with Crippen molar-refractivity contribution in [3.63, 3.8) is 0 Å². The molecule has 0 unspecified atom stereocenters. The maximum absolute atomic E-state index is 13.3. The predicted molar refractivity (Wildman–Crippen MR) is 95.3 cm³/mol. The maximum atomic E-state index is 13.3. The second-order valence-electron chi connectivity index (χ2n) is 7.36. The van der Waals surface area contributed by atoms with Gasteiger partial charge in [0.1, 0.15) is 5.82 Å². The van der Waals surface area contributed by atoms with E-state index in [1.165, 1.54) is 30.8 Å². The summed E-state index contributed by atoms with van der Waals surface area (Å²) in [6, 6.07) is 0. The third kappa shape index (κ3) is 2.71. The van der Waals surface area contributed by atoms with Gasteiger partial charge in [-0.1, -0.05) is 19.8 Å². The quantitative estimate of drug-likeness (QED) is 0.897. The zero-order chi connectivity index (χ0) is 16.6. The fourth-order valence-corrected chi connectivity index (χ4v) is 5.40. The van der Waals surface area contributed by atoms with Gasteiger partial charge in [0, 0.05) is 50.7 Å². The van der Waals surface area contributed by atoms with Crippen molar-refractivity contribution in [3.05, 3.63) is 5.82 Å². The molecular formula is C17H27N5OS. The van der Waals surface area contributed by atoms with E-state index in [9.17, 15) is 4.79 Å². The molecule has 3 aliphatic rings. The van der Waals surface area contributed by atoms with Crippen LogP contribution in [0.1, 0.15) is 38.4 Å². The molecule has 1 aromatic rings. The van der Waals surface area contributed by atoms with Gasteiger partial charge < -0.3 is 15.1 Å². The van der Waals surface area contributed by atoms with Crippen LogP contribution >= 0.6 is 11.5 Å². The molecule has 24 heavy (non-hydrogen) atoms. The van der Waals surface area contributed by atoms with E-state index >= 15 is 0 Å². The lowest BCUT2D eigenvalue weighted by Crippen LogP contribution is -2.56. The van der Waals surface area contributed by atoms with Gasteiger partial charge >= 0.3 is 0 Å². The van der Waals surface area contributed by atoms with Crippen LogP contribution in [0.2, 0.25) is 0 Å². The molecule has 0 radical (unpaired) electrons. The molecule has 0 bridgehead atoms. The first-order valence-electron chi connectivity index (χ1n) is 9.30. The highest BCUT2D eigenvalue weighted by atomic mass is 32.1. The Kier molecular flexibility index (Phi) is 4.47. The number of aryl methyl sites for hydroxylation is 1. The Balaban J connectivity index is 1.41. The molecule has 0 aromatic carbocycles. The van der Waals surface area contributed by atoms with Gasteiger partial charge in [0.15, 0.2) is 0 Å². The van der Waals surface area contributed by atoms with Crippen molar-refractivity contribution in [2.45, 2.75) is 39.0 Å². The average molecular weight is 350 g/mol. The summed E-state index contributed by atoms with van der Waals surface area (Å²) < 4.78 is 4.38. The Morgan fingerprint density at radius 1 is 1.33 bits per heavy atom. The maximum Gasteiger partial charge on any atom is 0.230 e. The summed E-state index contributed by atoms with van der Waals surface area (Å²) >= 11 is 1.48. The molecule has 132 valence electrons. The van der Waals surface area contributed by atoms with Crippen LogP contribution in [0.15, 0.2) is 0 Å². The number of carbonyl (C=O) groups is 1. The third-order valence-corrected chi connectivity index (χ3v) is 6.89. The van der Waals surface area contributed by atoms with Crippen LogP contribution in [0.5, 0.6) is 0 Å². The van der Waals surface area contributed by atoms with E-state index in [1.54, 1.807) is 0 Å². The number of nitrogens with one attached hydrogen (secondary N) is 1. The Morgan fingerprint density at radius 2 is 2.17 bits per heavy atom. The summed E-state index contributed by atoms with van der Waals surface area (Å²) in [6.07, 6.45) is 5.65. The zero-order valence-corrected chi connectivity index (χ0v) is 15.3. The Bertz CT molecular complexity index is 598. The topological polar surface area (TPSA) is 61.4 Å². The molecule has 1 N–H and O–H groups in total. The van der Waals surface area contributed by atoms with E-state index in [0.717, 1.165) is 63.1 Å². The molecule has 1 saturated carbocycles. The van der Waals surface area contributed by atoms with Crippen molar-refractivity contribution < 1.29 is 4.79 Å². The first-order chi connectivity index (χ1) is 11.7. The highest BCUT2D eigenvalue weighted by Crippen LogP contribution is 2.45. The molecule has 1 aliphatic carbocycles. The lowest BCUT2D eigenvalue weighted by molar-refractivity contribution is -0.145. The molecule has 7 heteroatoms. The zero-order valence-electron chi connectivity index (χ0n) is 14.5. The molecule has 3 heterocycles. The second-order valence-corrected chi connectivity index (χ2v) is 8.09. The molecule has 3 fully saturated rings. The number of amides is 1. The average Bonchev–Trinajstić information content (AvgIpc) is 3.28. The second kappa shape index (κ2) is 6.59. The van der Waals surface area contributed by atoms with E-state index in [1.807, 2.05) is 0 Å². The van der Waals surface area contributed by atoms with Gasteiger partial charge in [0.2, 0.25) is 11.0 Å². The molecule has 1 aromatic heterocycles. The van der Waals surface area contributed by atoms with Crippen LogP contribution in [0.4, 0.5) is 5.13 Å². The number of hydrogen-bond acceptors (Lipinski definition) is 6. The van der Waals surface area contributed by atoms with Crippen LogP contribution in [0.3, 0.4) is 0 Å². The number of anilines is 1. The number of carbonyl (C=O) groups excluding carboxylic acids is 1. The van der Waals surface area contributed by atoms with Crippen molar-refractivity contribution in [1.82, 2.24) is 19.6 Å². The minimum atomic E-state index is -0.113. The van der Waals surface area contributed by atoms with Crippen molar-refractivity contribution in [2.75, 3.05) is 44.2 Å². The fraction of sp³-hybridized carbons (Fsp3) is 0.824. The van der Waals surface area contributed by atoms with E-state index in [4.69, 9.17) is 0 Å². The van der Waals surface area contributed by atoms with E-state index in [2.05, 4.69) is 31.4 Å². The molecule has 0 spiro atoms. The summed E-state index contributed by atoms with van der Waals surface area (Å²) in [5.74, 6) is 1.88. The monoisotopic (exact) mass is 349 g/mol. The minimum Gasteiger partial charge on any atom is -0.343 e. The normalized spacial score (nSPS) is 30.5. The number of rotatable bonds is 3. The predicted octanol–water partition coefficient (Wildman–Crippen LogP) is 1.53. The van der Waals surface area contributed by atoms with E-state index in [-0.39, 0.29) is 5.41 Å². The molecule has 6 nitrogen and oxygen atoms in total. The standard InChI is InChI=1S/C17H27N5OS/c1-2-14-19-16(24-20-14)22-9-7-21(8-10-22)15(23)17-6-4-3-5-13(17)11-18-12-17/h13,18H,2-12H2,1H3/t13-,17+/m0/s1. The highest BCUT2D eigenvalue weighted by molar-refractivity contribution is 7.09. The van der Waals surface area contributed by atoms with Gasteiger partial charge in [-0.3, -0.25) is 4.79 Å². The first-order valence-corrected chi connectivity index (χ1v) is 10.1. The molecular weight excluding hydrogens is 322 g/mol. The van der Waals surface area contributed by atoms with Crippen LogP contribution in [-0.4, -0.2) is 59.4 Å². The van der Waals surface area contributed by atoms with Crippen molar-refractivity contribution in [1.29, 1.82) is 0 Å². The molecule has 1 amide bonds. The largest absolute Gasteiger partial charge is 0.343 e. The van der Waals surface area contributed by atoms with Gasteiger partial charge in [-0.25, -0.2) is 4.98 Å². The summed E-state index contributed by atoms with van der Waals surface area (Å²) in [7, 11) is 0. The Hall–Kier alpha value is -1.21. The minimum absolute atomic E-state index is 0.113. The van der Waals surface area contributed by atoms with E-state index in [0.29, 0.717) is 11.8 Å². The fourth-order valence-electron chi connectivity index (χ4n) is 4.60. The lowest BCUT2D eigenvalue weighted by Gasteiger charge is -2.43. The Labute approximate surface area is 147 Å². The van der Waals surface area contributed by atoms with Gasteiger partial charge in [0.25, 0.3) is 0 Å². The number of fused-ring (bicyclic) bond motifs is 1. The van der Waals surface area contributed by atoms with Crippen molar-refractivity contribution >= 4 is 22.6 Å². The van der Waals surface area contributed by atoms with Crippen molar-refractivity contribution in [3.8, 4) is 0 Å². The smallest absolute Gasteiger partial charge is 0.230 e. The number of piperazine rings is 1. The molecule has 4 rings (SSSR count). The molecule has 2 atom stereocenters. The first kappa shape index (κ1) is 16.3. The van der Waals surface area contributed by atoms with Crippen molar-refractivity contribution in [2.24, 2.45) is 11.3 Å². The SMILES string of the molecule is CCc1nsc(N2CCN(C(=O)[C@@]34CCCC[C@H]3CNC4)CC2)n1. The summed E-state index contributed by atoms with van der Waals surface area (Å²) in [4.78, 5) is 22.3. The summed E-state index contributed by atoms with van der Waals surface area (Å²) in [5, 5.41) is 4.50. The van der Waals surface area contributed by atoms with Gasteiger partial charge in [-0.2, -0.15) is 4.37 Å². The summed E-state index contributed by atoms with van der Waals surface area (Å²) in [5.41, 5.74) is -0.113. The van der Waals surface area contributed by atoms with Gasteiger partial charge in [-0.15, -0.1) is 0 Å². The number of nitrogens with zero attached hydrogens (tertiary/aromatic N) is 4. The number of aromatic nitrogens is 2. The van der Waals surface area contributed by atoms with Gasteiger partial charge in [-0.05, 0) is 25.3 Å². The van der Waals surface area contributed by atoms with Crippen LogP contribution in [0, 0.1) is 11.3 Å². The van der Waals surface area contributed by atoms with Crippen LogP contribution < -0.4 is 10.2 Å². The number of hydrogen-bond donors (Lipinski definition) is 1. The molecule has 2 aliphatic heterocycles. The summed E-state index contributed by atoms with van der Waals surface area (Å²) in [6.45, 7) is 7.36. The van der Waals surface area contributed by atoms with Crippen LogP contribution in [-0.2, 0) is 11.2 Å². The lowest BCUT2D eigenvalue weighted by atomic mass is 9.67. The molecule has 2 saturated heterocycles. The van der Waals surface area contributed by atoms with E-state index < -0.39 is 0 Å². The van der Waals surface area contributed by atoms with Gasteiger partial charge in [0.05, 0.1) is 5.41 Å². The highest BCUT2D eigenvalue weighted by Gasteiger charge is 2.51.